The van der Waals surface area contributed by atoms with Crippen LogP contribution in [0.3, 0.4) is 0 Å². The van der Waals surface area contributed by atoms with Gasteiger partial charge in [0.2, 0.25) is 0 Å². The van der Waals surface area contributed by atoms with E-state index in [1.54, 1.807) is 0 Å². The maximum absolute atomic E-state index is 8.85. The molecule has 0 saturated heterocycles. The lowest BCUT2D eigenvalue weighted by Crippen LogP contribution is -2.26. The molecule has 0 radical (unpaired) electrons. The highest BCUT2D eigenvalue weighted by molar-refractivity contribution is 5.92. The fourth-order valence-electron chi connectivity index (χ4n) is 3.18. The lowest BCUT2D eigenvalue weighted by atomic mass is 9.93. The van der Waals surface area contributed by atoms with Gasteiger partial charge in [0.15, 0.2) is 5.65 Å². The van der Waals surface area contributed by atoms with Gasteiger partial charge >= 0.3 is 0 Å². The number of rotatable bonds is 4. The van der Waals surface area contributed by atoms with Gasteiger partial charge in [-0.25, -0.2) is 9.67 Å². The Hall–Kier alpha value is -2.11. The molecule has 1 aliphatic rings. The van der Waals surface area contributed by atoms with E-state index in [4.69, 9.17) is 5.21 Å². The molecule has 0 unspecified atom stereocenters. The van der Waals surface area contributed by atoms with Gasteiger partial charge in [-0.3, -0.25) is 0 Å². The van der Waals surface area contributed by atoms with Crippen molar-refractivity contribution in [3.8, 4) is 0 Å². The highest BCUT2D eigenvalue weighted by Crippen LogP contribution is 2.28. The second kappa shape index (κ2) is 6.34. The van der Waals surface area contributed by atoms with Crippen LogP contribution in [0.25, 0.3) is 11.0 Å². The number of oxime groups is 1. The third kappa shape index (κ3) is 2.65. The van der Waals surface area contributed by atoms with Crippen molar-refractivity contribution < 1.29 is 5.21 Å². The van der Waals surface area contributed by atoms with Gasteiger partial charge in [-0.1, -0.05) is 12.1 Å². The van der Waals surface area contributed by atoms with Crippen LogP contribution >= 0.6 is 0 Å². The van der Waals surface area contributed by atoms with Crippen molar-refractivity contribution in [3.05, 3.63) is 18.0 Å². The van der Waals surface area contributed by atoms with Crippen molar-refractivity contribution >= 4 is 22.4 Å². The minimum Gasteiger partial charge on any atom is -0.411 e. The average Bonchev–Trinajstić information content (AvgIpc) is 2.94. The molecule has 118 valence electrons. The fourth-order valence-corrected chi connectivity index (χ4v) is 3.18. The number of nitrogens with one attached hydrogen (secondary N) is 1. The number of anilines is 1. The highest BCUT2D eigenvalue weighted by Gasteiger charge is 2.20. The Labute approximate surface area is 130 Å². The highest BCUT2D eigenvalue weighted by atomic mass is 16.4. The first-order valence-corrected chi connectivity index (χ1v) is 8.07. The van der Waals surface area contributed by atoms with Crippen LogP contribution in [0.15, 0.2) is 17.4 Å². The summed E-state index contributed by atoms with van der Waals surface area (Å²) >= 11 is 0. The molecule has 2 heterocycles. The van der Waals surface area contributed by atoms with Crippen molar-refractivity contribution in [2.45, 2.75) is 58.5 Å². The van der Waals surface area contributed by atoms with Gasteiger partial charge in [0.05, 0.1) is 16.8 Å². The smallest absolute Gasteiger partial charge is 0.160 e. The largest absolute Gasteiger partial charge is 0.411 e. The second-order valence-corrected chi connectivity index (χ2v) is 5.76. The van der Waals surface area contributed by atoms with Crippen LogP contribution in [0.1, 0.15) is 45.2 Å². The number of aryl methyl sites for hydroxylation is 2. The Morgan fingerprint density at radius 1 is 1.36 bits per heavy atom. The SMILES string of the molecule is CCc1nn(CC)c2nccc(NC3CCC(=NO)CC3)c12. The van der Waals surface area contributed by atoms with E-state index < -0.39 is 0 Å². The molecule has 0 amide bonds. The van der Waals surface area contributed by atoms with Crippen LogP contribution in [-0.4, -0.2) is 31.7 Å². The molecule has 2 aromatic rings. The molecule has 22 heavy (non-hydrogen) atoms. The number of aromatic nitrogens is 3. The summed E-state index contributed by atoms with van der Waals surface area (Å²) in [6, 6.07) is 2.45. The van der Waals surface area contributed by atoms with Gasteiger partial charge in [-0.15, -0.1) is 0 Å². The zero-order valence-electron chi connectivity index (χ0n) is 13.2. The van der Waals surface area contributed by atoms with Crippen LogP contribution in [0.4, 0.5) is 5.69 Å². The summed E-state index contributed by atoms with van der Waals surface area (Å²) in [5.41, 5.74) is 4.08. The molecule has 2 N–H and O–H groups in total. The van der Waals surface area contributed by atoms with E-state index >= 15 is 0 Å². The van der Waals surface area contributed by atoms with Crippen molar-refractivity contribution in [3.63, 3.8) is 0 Å². The summed E-state index contributed by atoms with van der Waals surface area (Å²) in [5.74, 6) is 0. The van der Waals surface area contributed by atoms with Gasteiger partial charge < -0.3 is 10.5 Å². The molecule has 1 fully saturated rings. The molecule has 2 aromatic heterocycles. The molecule has 0 bridgehead atoms. The minimum atomic E-state index is 0.408. The molecule has 3 rings (SSSR count). The minimum absolute atomic E-state index is 0.408. The topological polar surface area (TPSA) is 75.3 Å². The molecular weight excluding hydrogens is 278 g/mol. The number of fused-ring (bicyclic) bond motifs is 1. The first-order valence-electron chi connectivity index (χ1n) is 8.07. The maximum Gasteiger partial charge on any atom is 0.160 e. The van der Waals surface area contributed by atoms with Crippen molar-refractivity contribution in [2.75, 3.05) is 5.32 Å². The molecule has 0 spiro atoms. The lowest BCUT2D eigenvalue weighted by molar-refractivity contribution is 0.313. The Morgan fingerprint density at radius 2 is 2.14 bits per heavy atom. The summed E-state index contributed by atoms with van der Waals surface area (Å²) in [5, 5.41) is 21.7. The molecule has 6 nitrogen and oxygen atoms in total. The third-order valence-electron chi connectivity index (χ3n) is 4.40. The van der Waals surface area contributed by atoms with Crippen molar-refractivity contribution in [1.29, 1.82) is 0 Å². The van der Waals surface area contributed by atoms with Gasteiger partial charge in [-0.05, 0) is 45.1 Å². The molecule has 1 saturated carbocycles. The third-order valence-corrected chi connectivity index (χ3v) is 4.40. The quantitative estimate of drug-likeness (QED) is 0.671. The Morgan fingerprint density at radius 3 is 2.77 bits per heavy atom. The zero-order valence-corrected chi connectivity index (χ0v) is 13.2. The Kier molecular flexibility index (Phi) is 4.27. The summed E-state index contributed by atoms with van der Waals surface area (Å²) in [4.78, 5) is 4.51. The standard InChI is InChI=1S/C16H23N5O/c1-3-13-15-14(9-10-17-16(15)21(4-2)19-13)18-11-5-7-12(20-22)8-6-11/h9-11,22H,3-8H2,1-2H3,(H,17,18). The Bertz CT molecular complexity index is 681. The van der Waals surface area contributed by atoms with E-state index in [1.165, 1.54) is 0 Å². The van der Waals surface area contributed by atoms with Gasteiger partial charge in [0.25, 0.3) is 0 Å². The second-order valence-electron chi connectivity index (χ2n) is 5.76. The summed E-state index contributed by atoms with van der Waals surface area (Å²) in [6.45, 7) is 5.04. The molecule has 0 aliphatic heterocycles. The first-order chi connectivity index (χ1) is 10.8. The number of hydrogen-bond donors (Lipinski definition) is 2. The monoisotopic (exact) mass is 301 g/mol. The maximum atomic E-state index is 8.85. The van der Waals surface area contributed by atoms with Gasteiger partial charge in [-0.2, -0.15) is 5.10 Å². The van der Waals surface area contributed by atoms with E-state index in [0.29, 0.717) is 6.04 Å². The number of pyridine rings is 1. The van der Waals surface area contributed by atoms with Crippen molar-refractivity contribution in [1.82, 2.24) is 14.8 Å². The summed E-state index contributed by atoms with van der Waals surface area (Å²) < 4.78 is 1.97. The zero-order chi connectivity index (χ0) is 15.5. The molecule has 0 aromatic carbocycles. The fraction of sp³-hybridized carbons (Fsp3) is 0.562. The van der Waals surface area contributed by atoms with Crippen LogP contribution in [0, 0.1) is 0 Å². The molecule has 6 heteroatoms. The molecule has 1 aliphatic carbocycles. The van der Waals surface area contributed by atoms with Gasteiger partial charge in [0.1, 0.15) is 0 Å². The van der Waals surface area contributed by atoms with E-state index in [1.807, 2.05) is 16.9 Å². The van der Waals surface area contributed by atoms with Gasteiger partial charge in [0, 0.05) is 24.5 Å². The lowest BCUT2D eigenvalue weighted by Gasteiger charge is -2.24. The molecular formula is C16H23N5O. The van der Waals surface area contributed by atoms with Crippen LogP contribution < -0.4 is 5.32 Å². The summed E-state index contributed by atoms with van der Waals surface area (Å²) in [7, 11) is 0. The van der Waals surface area contributed by atoms with Crippen LogP contribution in [0.5, 0.6) is 0 Å². The molecule has 0 atom stereocenters. The van der Waals surface area contributed by atoms with E-state index in [2.05, 4.69) is 34.4 Å². The normalized spacial score (nSPS) is 18.6. The van der Waals surface area contributed by atoms with E-state index in [9.17, 15) is 0 Å². The van der Waals surface area contributed by atoms with Crippen LogP contribution in [-0.2, 0) is 13.0 Å². The number of hydrogen-bond acceptors (Lipinski definition) is 5. The first kappa shape index (κ1) is 14.8. The Balaban J connectivity index is 1.89. The predicted molar refractivity (Wildman–Crippen MR) is 87.7 cm³/mol. The van der Waals surface area contributed by atoms with Crippen LogP contribution in [0.2, 0.25) is 0 Å². The summed E-state index contributed by atoms with van der Waals surface area (Å²) in [6.07, 6.45) is 6.45. The predicted octanol–water partition coefficient (Wildman–Crippen LogP) is 3.20. The van der Waals surface area contributed by atoms with E-state index in [0.717, 1.165) is 66.8 Å². The van der Waals surface area contributed by atoms with Crippen molar-refractivity contribution in [2.24, 2.45) is 5.16 Å². The average molecular weight is 301 g/mol. The van der Waals surface area contributed by atoms with E-state index in [-0.39, 0.29) is 0 Å². The number of nitrogens with zero attached hydrogens (tertiary/aromatic N) is 4.